The Morgan fingerprint density at radius 2 is 2.06 bits per heavy atom. The number of anilines is 2. The molecule has 2 nitrogen and oxygen atoms in total. The van der Waals surface area contributed by atoms with Crippen molar-refractivity contribution >= 4 is 23.0 Å². The van der Waals surface area contributed by atoms with Gasteiger partial charge in [-0.15, -0.1) is 0 Å². The van der Waals surface area contributed by atoms with Crippen LogP contribution in [0, 0.1) is 0 Å². The Kier molecular flexibility index (Phi) is 6.20. The summed E-state index contributed by atoms with van der Waals surface area (Å²) in [6.07, 6.45) is 6.36. The van der Waals surface area contributed by atoms with Gasteiger partial charge in [-0.25, -0.2) is 0 Å². The van der Waals surface area contributed by atoms with E-state index in [0.29, 0.717) is 16.8 Å². The highest BCUT2D eigenvalue weighted by atomic mass is 35.5. The molecule has 0 heterocycles. The van der Waals surface area contributed by atoms with Crippen LogP contribution in [0.4, 0.5) is 11.4 Å². The third kappa shape index (κ3) is 4.86. The van der Waals surface area contributed by atoms with Crippen molar-refractivity contribution in [3.05, 3.63) is 23.2 Å². The fourth-order valence-corrected chi connectivity index (χ4v) is 2.05. The third-order valence-corrected chi connectivity index (χ3v) is 3.28. The van der Waals surface area contributed by atoms with Gasteiger partial charge in [-0.2, -0.15) is 0 Å². The van der Waals surface area contributed by atoms with Crippen LogP contribution in [0.25, 0.3) is 0 Å². The third-order valence-electron chi connectivity index (χ3n) is 2.95. The Labute approximate surface area is 110 Å². The second-order valence-corrected chi connectivity index (χ2v) is 5.00. The lowest BCUT2D eigenvalue weighted by Crippen LogP contribution is -2.16. The highest BCUT2D eigenvalue weighted by Gasteiger charge is 2.06. The molecule has 0 saturated carbocycles. The summed E-state index contributed by atoms with van der Waals surface area (Å²) < 4.78 is 0. The topological polar surface area (TPSA) is 38.0 Å². The van der Waals surface area contributed by atoms with E-state index < -0.39 is 0 Å². The van der Waals surface area contributed by atoms with Crippen LogP contribution in [-0.4, -0.2) is 6.04 Å². The molecule has 1 rings (SSSR count). The molecule has 0 saturated heterocycles. The van der Waals surface area contributed by atoms with Crippen molar-refractivity contribution in [2.45, 2.75) is 52.0 Å². The van der Waals surface area contributed by atoms with Gasteiger partial charge in [0, 0.05) is 6.04 Å². The molecule has 3 heteroatoms. The summed E-state index contributed by atoms with van der Waals surface area (Å²) in [5.74, 6) is 0. The number of nitrogens with one attached hydrogen (secondary N) is 1. The van der Waals surface area contributed by atoms with Crippen LogP contribution in [-0.2, 0) is 0 Å². The van der Waals surface area contributed by atoms with Crippen LogP contribution in [0.5, 0.6) is 0 Å². The molecule has 3 N–H and O–H groups in total. The zero-order valence-electron chi connectivity index (χ0n) is 10.8. The number of nitrogens with two attached hydrogens (primary N) is 1. The predicted molar refractivity (Wildman–Crippen MR) is 77.7 cm³/mol. The maximum absolute atomic E-state index is 5.98. The largest absolute Gasteiger partial charge is 0.396 e. The predicted octanol–water partition coefficient (Wildman–Crippen LogP) is 4.69. The summed E-state index contributed by atoms with van der Waals surface area (Å²) in [5.41, 5.74) is 7.51. The first-order chi connectivity index (χ1) is 8.15. The average Bonchev–Trinajstić information content (AvgIpc) is 2.31. The van der Waals surface area contributed by atoms with Crippen molar-refractivity contribution in [1.29, 1.82) is 0 Å². The first-order valence-corrected chi connectivity index (χ1v) is 6.83. The number of para-hydroxylation sites is 1. The normalized spacial score (nSPS) is 12.4. The Balaban J connectivity index is 2.39. The summed E-state index contributed by atoms with van der Waals surface area (Å²) in [6.45, 7) is 4.42. The van der Waals surface area contributed by atoms with Crippen molar-refractivity contribution in [2.24, 2.45) is 0 Å². The fourth-order valence-electron chi connectivity index (χ4n) is 1.88. The van der Waals surface area contributed by atoms with Gasteiger partial charge < -0.3 is 11.1 Å². The van der Waals surface area contributed by atoms with Gasteiger partial charge in [0.2, 0.25) is 0 Å². The molecular weight excluding hydrogens is 232 g/mol. The monoisotopic (exact) mass is 254 g/mol. The first kappa shape index (κ1) is 14.2. The van der Waals surface area contributed by atoms with E-state index in [2.05, 4.69) is 19.2 Å². The van der Waals surface area contributed by atoms with Crippen molar-refractivity contribution in [1.82, 2.24) is 0 Å². The van der Waals surface area contributed by atoms with Crippen LogP contribution in [0.3, 0.4) is 0 Å². The quantitative estimate of drug-likeness (QED) is 0.547. The summed E-state index contributed by atoms with van der Waals surface area (Å²) in [7, 11) is 0. The van der Waals surface area contributed by atoms with Crippen molar-refractivity contribution in [3.8, 4) is 0 Å². The molecule has 17 heavy (non-hydrogen) atoms. The maximum atomic E-state index is 5.98. The summed E-state index contributed by atoms with van der Waals surface area (Å²) in [4.78, 5) is 0. The van der Waals surface area contributed by atoms with Crippen molar-refractivity contribution in [2.75, 3.05) is 11.1 Å². The molecular formula is C14H23ClN2. The molecule has 0 spiro atoms. The van der Waals surface area contributed by atoms with Crippen LogP contribution < -0.4 is 11.1 Å². The number of rotatable bonds is 7. The number of hydrogen-bond acceptors (Lipinski definition) is 2. The Bertz CT molecular complexity index is 339. The number of unbranched alkanes of at least 4 members (excludes halogenated alkanes) is 3. The molecule has 0 aromatic heterocycles. The molecule has 1 atom stereocenters. The van der Waals surface area contributed by atoms with Gasteiger partial charge in [0.15, 0.2) is 0 Å². The van der Waals surface area contributed by atoms with Crippen LogP contribution in [0.2, 0.25) is 5.02 Å². The first-order valence-electron chi connectivity index (χ1n) is 6.45. The highest BCUT2D eigenvalue weighted by Crippen LogP contribution is 2.27. The van der Waals surface area contributed by atoms with E-state index in [1.54, 1.807) is 0 Å². The highest BCUT2D eigenvalue weighted by molar-refractivity contribution is 6.33. The Hall–Kier alpha value is -0.890. The summed E-state index contributed by atoms with van der Waals surface area (Å²) >= 11 is 5.98. The van der Waals surface area contributed by atoms with E-state index in [4.69, 9.17) is 17.3 Å². The van der Waals surface area contributed by atoms with Crippen molar-refractivity contribution < 1.29 is 0 Å². The number of nitrogen functional groups attached to an aromatic ring is 1. The minimum Gasteiger partial charge on any atom is -0.396 e. The van der Waals surface area contributed by atoms with E-state index in [-0.39, 0.29) is 0 Å². The summed E-state index contributed by atoms with van der Waals surface area (Å²) in [5, 5.41) is 4.04. The second-order valence-electron chi connectivity index (χ2n) is 4.60. The van der Waals surface area contributed by atoms with Gasteiger partial charge in [0.05, 0.1) is 16.4 Å². The summed E-state index contributed by atoms with van der Waals surface area (Å²) in [6, 6.07) is 6.15. The fraction of sp³-hybridized carbons (Fsp3) is 0.571. The van der Waals surface area contributed by atoms with Gasteiger partial charge in [-0.1, -0.05) is 50.3 Å². The molecule has 0 amide bonds. The molecule has 1 aromatic rings. The van der Waals surface area contributed by atoms with Crippen LogP contribution >= 0.6 is 11.6 Å². The lowest BCUT2D eigenvalue weighted by Gasteiger charge is -2.17. The molecule has 0 radical (unpaired) electrons. The van der Waals surface area contributed by atoms with Crippen molar-refractivity contribution in [3.63, 3.8) is 0 Å². The van der Waals surface area contributed by atoms with Gasteiger partial charge in [0.1, 0.15) is 0 Å². The molecule has 0 aliphatic heterocycles. The van der Waals surface area contributed by atoms with Gasteiger partial charge in [-0.3, -0.25) is 0 Å². The minimum atomic E-state index is 0.438. The lowest BCUT2D eigenvalue weighted by molar-refractivity contribution is 0.594. The Morgan fingerprint density at radius 3 is 2.76 bits per heavy atom. The molecule has 0 aliphatic rings. The number of benzene rings is 1. The smallest absolute Gasteiger partial charge is 0.0739 e. The van der Waals surface area contributed by atoms with Crippen LogP contribution in [0.1, 0.15) is 46.0 Å². The van der Waals surface area contributed by atoms with Gasteiger partial charge >= 0.3 is 0 Å². The lowest BCUT2D eigenvalue weighted by atomic mass is 10.1. The van der Waals surface area contributed by atoms with E-state index in [0.717, 1.165) is 5.69 Å². The Morgan fingerprint density at radius 1 is 1.29 bits per heavy atom. The second kappa shape index (κ2) is 7.44. The van der Waals surface area contributed by atoms with Gasteiger partial charge in [-0.05, 0) is 25.5 Å². The number of halogens is 1. The van der Waals surface area contributed by atoms with E-state index >= 15 is 0 Å². The van der Waals surface area contributed by atoms with Gasteiger partial charge in [0.25, 0.3) is 0 Å². The molecule has 1 unspecified atom stereocenters. The molecule has 0 fully saturated rings. The van der Waals surface area contributed by atoms with Crippen LogP contribution in [0.15, 0.2) is 18.2 Å². The van der Waals surface area contributed by atoms with E-state index in [9.17, 15) is 0 Å². The zero-order chi connectivity index (χ0) is 12.7. The van der Waals surface area contributed by atoms with E-state index in [1.807, 2.05) is 18.2 Å². The zero-order valence-corrected chi connectivity index (χ0v) is 11.6. The molecule has 96 valence electrons. The average molecular weight is 255 g/mol. The molecule has 1 aromatic carbocycles. The standard InChI is InChI=1S/C14H23ClN2/c1-3-4-5-6-8-11(2)17-13-10-7-9-12(15)14(13)16/h7,9-11,17H,3-6,8,16H2,1-2H3. The molecule has 0 aliphatic carbocycles. The molecule has 0 bridgehead atoms. The van der Waals surface area contributed by atoms with E-state index in [1.165, 1.54) is 32.1 Å². The SMILES string of the molecule is CCCCCCC(C)Nc1cccc(Cl)c1N. The number of hydrogen-bond donors (Lipinski definition) is 2. The minimum absolute atomic E-state index is 0.438. The maximum Gasteiger partial charge on any atom is 0.0739 e.